The quantitative estimate of drug-likeness (QED) is 0.156. The zero-order valence-corrected chi connectivity index (χ0v) is 24.3. The van der Waals surface area contributed by atoms with Crippen LogP contribution in [0.1, 0.15) is 92.4 Å². The maximum Gasteiger partial charge on any atom is 0.222 e. The minimum atomic E-state index is -0.462. The van der Waals surface area contributed by atoms with Crippen LogP contribution in [-0.4, -0.2) is 77.0 Å². The zero-order valence-electron chi connectivity index (χ0n) is 24.3. The molecule has 0 aromatic carbocycles. The van der Waals surface area contributed by atoms with Gasteiger partial charge in [0.05, 0.1) is 39.6 Å². The largest absolute Gasteiger partial charge is 0.380 e. The van der Waals surface area contributed by atoms with Gasteiger partial charge in [0.15, 0.2) is 0 Å². The van der Waals surface area contributed by atoms with Crippen molar-refractivity contribution >= 4 is 17.7 Å². The molecule has 0 spiro atoms. The predicted molar refractivity (Wildman–Crippen MR) is 147 cm³/mol. The minimum absolute atomic E-state index is 0.0146. The van der Waals surface area contributed by atoms with Gasteiger partial charge in [0, 0.05) is 44.3 Å². The van der Waals surface area contributed by atoms with Gasteiger partial charge in [-0.1, -0.05) is 53.9 Å². The molecular formula is C28H55N3O6. The Balaban J connectivity index is 4.79. The van der Waals surface area contributed by atoms with Gasteiger partial charge in [-0.15, -0.1) is 0 Å². The molecule has 0 rings (SSSR count). The van der Waals surface area contributed by atoms with Crippen molar-refractivity contribution in [3.8, 4) is 0 Å². The van der Waals surface area contributed by atoms with E-state index in [0.29, 0.717) is 78.5 Å². The summed E-state index contributed by atoms with van der Waals surface area (Å²) in [7, 11) is 0. The summed E-state index contributed by atoms with van der Waals surface area (Å²) < 4.78 is 17.8. The Morgan fingerprint density at radius 3 is 1.14 bits per heavy atom. The molecule has 37 heavy (non-hydrogen) atoms. The minimum Gasteiger partial charge on any atom is -0.380 e. The van der Waals surface area contributed by atoms with E-state index in [1.807, 2.05) is 0 Å². The van der Waals surface area contributed by atoms with Crippen LogP contribution in [0.15, 0.2) is 0 Å². The molecule has 0 bridgehead atoms. The van der Waals surface area contributed by atoms with E-state index in [2.05, 4.69) is 50.6 Å². The van der Waals surface area contributed by atoms with Crippen molar-refractivity contribution in [3.05, 3.63) is 0 Å². The second-order valence-corrected chi connectivity index (χ2v) is 10.0. The molecule has 9 heteroatoms. The van der Waals surface area contributed by atoms with Crippen LogP contribution in [0.4, 0.5) is 0 Å². The molecule has 0 radical (unpaired) electrons. The van der Waals surface area contributed by atoms with Crippen LogP contribution < -0.4 is 16.0 Å². The van der Waals surface area contributed by atoms with Gasteiger partial charge >= 0.3 is 0 Å². The van der Waals surface area contributed by atoms with Crippen LogP contribution in [0.25, 0.3) is 0 Å². The number of carbonyl (C=O) groups is 3. The van der Waals surface area contributed by atoms with Crippen LogP contribution in [0, 0.1) is 11.3 Å². The second-order valence-electron chi connectivity index (χ2n) is 10.0. The van der Waals surface area contributed by atoms with Crippen LogP contribution in [0.2, 0.25) is 0 Å². The third kappa shape index (κ3) is 19.1. The van der Waals surface area contributed by atoms with Crippen LogP contribution in [0.5, 0.6) is 0 Å². The Morgan fingerprint density at radius 2 is 0.892 bits per heavy atom. The molecular weight excluding hydrogens is 474 g/mol. The molecule has 3 amide bonds. The average molecular weight is 530 g/mol. The first-order valence-corrected chi connectivity index (χ1v) is 14.3. The lowest BCUT2D eigenvalue weighted by molar-refractivity contribution is -0.126. The summed E-state index contributed by atoms with van der Waals surface area (Å²) >= 11 is 0. The van der Waals surface area contributed by atoms with Gasteiger partial charge in [-0.2, -0.15) is 0 Å². The molecule has 0 unspecified atom stereocenters. The Bertz CT molecular complexity index is 526. The van der Waals surface area contributed by atoms with E-state index in [4.69, 9.17) is 14.2 Å². The number of hydrogen-bond acceptors (Lipinski definition) is 6. The van der Waals surface area contributed by atoms with Gasteiger partial charge in [-0.25, -0.2) is 0 Å². The highest BCUT2D eigenvalue weighted by molar-refractivity contribution is 5.76. The van der Waals surface area contributed by atoms with E-state index in [1.165, 1.54) is 0 Å². The molecule has 0 atom stereocenters. The van der Waals surface area contributed by atoms with Crippen LogP contribution in [0.3, 0.4) is 0 Å². The van der Waals surface area contributed by atoms with Gasteiger partial charge in [0.2, 0.25) is 17.7 Å². The molecule has 3 N–H and O–H groups in total. The maximum atomic E-state index is 12.0. The lowest BCUT2D eigenvalue weighted by Gasteiger charge is -2.37. The Kier molecular flexibility index (Phi) is 22.3. The molecule has 0 saturated carbocycles. The lowest BCUT2D eigenvalue weighted by atomic mass is 9.79. The number of hydrogen-bond donors (Lipinski definition) is 3. The number of amides is 3. The van der Waals surface area contributed by atoms with E-state index in [0.717, 1.165) is 38.5 Å². The predicted octanol–water partition coefficient (Wildman–Crippen LogP) is 3.60. The molecule has 0 aliphatic carbocycles. The van der Waals surface area contributed by atoms with E-state index < -0.39 is 5.41 Å². The molecule has 0 aliphatic rings. The monoisotopic (exact) mass is 529 g/mol. The van der Waals surface area contributed by atoms with Crippen molar-refractivity contribution in [1.29, 1.82) is 0 Å². The molecule has 0 aromatic rings. The van der Waals surface area contributed by atoms with Gasteiger partial charge in [-0.05, 0) is 25.2 Å². The van der Waals surface area contributed by atoms with E-state index in [1.54, 1.807) is 0 Å². The van der Waals surface area contributed by atoms with Gasteiger partial charge in [0.25, 0.3) is 0 Å². The fourth-order valence-electron chi connectivity index (χ4n) is 3.42. The smallest absolute Gasteiger partial charge is 0.222 e. The molecule has 0 aliphatic heterocycles. The van der Waals surface area contributed by atoms with Crippen LogP contribution in [-0.2, 0) is 28.6 Å². The first kappa shape index (κ1) is 35.3. The average Bonchev–Trinajstić information content (AvgIpc) is 2.86. The fraction of sp³-hybridized carbons (Fsp3) is 0.893. The molecule has 0 heterocycles. The van der Waals surface area contributed by atoms with Crippen LogP contribution >= 0.6 is 0 Å². The lowest BCUT2D eigenvalue weighted by Crippen LogP contribution is -2.43. The first-order valence-electron chi connectivity index (χ1n) is 14.3. The third-order valence-corrected chi connectivity index (χ3v) is 6.37. The summed E-state index contributed by atoms with van der Waals surface area (Å²) in [6, 6.07) is 0. The Morgan fingerprint density at radius 1 is 0.595 bits per heavy atom. The van der Waals surface area contributed by atoms with E-state index in [9.17, 15) is 14.4 Å². The van der Waals surface area contributed by atoms with Crippen molar-refractivity contribution in [1.82, 2.24) is 16.0 Å². The summed E-state index contributed by atoms with van der Waals surface area (Å²) in [6.45, 7) is 14.5. The van der Waals surface area contributed by atoms with Crippen molar-refractivity contribution in [3.63, 3.8) is 0 Å². The zero-order chi connectivity index (χ0) is 27.8. The molecule has 218 valence electrons. The number of rotatable bonds is 25. The topological polar surface area (TPSA) is 115 Å². The standard InChI is InChI=1S/C28H55N3O6/c1-6-9-15-29-25(32)12-18-35-21-28(24(4)5,22-36-19-13-26(33)30-16-10-7-2)23-37-20-14-27(34)31-17-11-8-3/h24H,6-23H2,1-5H3,(H,29,32)(H,30,33)(H,31,34). The highest BCUT2D eigenvalue weighted by atomic mass is 16.5. The number of nitrogens with one attached hydrogen (secondary N) is 3. The number of unbranched alkanes of at least 4 members (excludes halogenated alkanes) is 3. The van der Waals surface area contributed by atoms with Gasteiger partial charge < -0.3 is 30.2 Å². The maximum absolute atomic E-state index is 12.0. The molecule has 0 fully saturated rings. The summed E-state index contributed by atoms with van der Waals surface area (Å²) in [6.07, 6.45) is 6.90. The summed E-state index contributed by atoms with van der Waals surface area (Å²) in [5.41, 5.74) is -0.462. The SMILES string of the molecule is CCCCNC(=O)CCOCC(COCCC(=O)NCCCC)(COCCC(=O)NCCCC)C(C)C. The number of ether oxygens (including phenoxy) is 3. The van der Waals surface area contributed by atoms with Crippen molar-refractivity contribution in [2.24, 2.45) is 11.3 Å². The summed E-state index contributed by atoms with van der Waals surface area (Å²) in [4.78, 5) is 36.0. The Labute approximate surface area is 225 Å². The summed E-state index contributed by atoms with van der Waals surface area (Å²) in [5.74, 6) is 0.112. The number of carbonyl (C=O) groups excluding carboxylic acids is 3. The second kappa shape index (κ2) is 23.4. The first-order chi connectivity index (χ1) is 17.8. The molecule has 9 nitrogen and oxygen atoms in total. The highest BCUT2D eigenvalue weighted by Gasteiger charge is 2.35. The fourth-order valence-corrected chi connectivity index (χ4v) is 3.42. The van der Waals surface area contributed by atoms with E-state index in [-0.39, 0.29) is 23.6 Å². The van der Waals surface area contributed by atoms with Crippen molar-refractivity contribution in [2.75, 3.05) is 59.3 Å². The van der Waals surface area contributed by atoms with E-state index >= 15 is 0 Å². The van der Waals surface area contributed by atoms with Gasteiger partial charge in [-0.3, -0.25) is 14.4 Å². The Hall–Kier alpha value is -1.71. The van der Waals surface area contributed by atoms with Crippen molar-refractivity contribution in [2.45, 2.75) is 92.4 Å². The third-order valence-electron chi connectivity index (χ3n) is 6.37. The normalized spacial score (nSPS) is 11.5. The van der Waals surface area contributed by atoms with Gasteiger partial charge in [0.1, 0.15) is 0 Å². The summed E-state index contributed by atoms with van der Waals surface area (Å²) in [5, 5.41) is 8.70. The molecule has 0 aromatic heterocycles. The molecule has 0 saturated heterocycles. The highest BCUT2D eigenvalue weighted by Crippen LogP contribution is 2.29. The van der Waals surface area contributed by atoms with Crippen molar-refractivity contribution < 1.29 is 28.6 Å².